The van der Waals surface area contributed by atoms with Crippen LogP contribution in [0.2, 0.25) is 0 Å². The van der Waals surface area contributed by atoms with Gasteiger partial charge in [0.1, 0.15) is 12.4 Å². The van der Waals surface area contributed by atoms with Crippen LogP contribution in [-0.2, 0) is 6.54 Å². The SMILES string of the molecule is CCCCCCCCCCCCCCCCCC[n+]1ccc(C(=O)NN=Cc2ccc(F)cc2)cc1.F[B-](F)(F)F. The Morgan fingerprint density at radius 3 is 1.59 bits per heavy atom. The van der Waals surface area contributed by atoms with Crippen molar-refractivity contribution in [2.24, 2.45) is 5.10 Å². The van der Waals surface area contributed by atoms with Crippen molar-refractivity contribution < 1.29 is 31.0 Å². The molecule has 1 aromatic carbocycles. The largest absolute Gasteiger partial charge is 0.673 e. The lowest BCUT2D eigenvalue weighted by molar-refractivity contribution is -0.697. The molecule has 0 fully saturated rings. The lowest BCUT2D eigenvalue weighted by Crippen LogP contribution is -2.33. The van der Waals surface area contributed by atoms with Gasteiger partial charge in [0.05, 0.1) is 11.8 Å². The van der Waals surface area contributed by atoms with Crippen molar-refractivity contribution in [1.29, 1.82) is 0 Å². The second kappa shape index (κ2) is 22.9. The summed E-state index contributed by atoms with van der Waals surface area (Å²) in [5.74, 6) is -0.559. The van der Waals surface area contributed by atoms with Gasteiger partial charge in [0.15, 0.2) is 12.4 Å². The van der Waals surface area contributed by atoms with Gasteiger partial charge in [0.25, 0.3) is 5.91 Å². The molecule has 0 saturated heterocycles. The maximum atomic E-state index is 12.9. The van der Waals surface area contributed by atoms with Crippen molar-refractivity contribution in [1.82, 2.24) is 5.43 Å². The number of hydrogen-bond acceptors (Lipinski definition) is 2. The number of nitrogens with one attached hydrogen (secondary N) is 1. The Morgan fingerprint density at radius 1 is 0.732 bits per heavy atom. The summed E-state index contributed by atoms with van der Waals surface area (Å²) in [5, 5.41) is 3.94. The quantitative estimate of drug-likeness (QED) is 0.0414. The molecule has 2 aromatic rings. The Hall–Kier alpha value is -2.78. The number of halogens is 5. The molecule has 4 nitrogen and oxygen atoms in total. The number of benzene rings is 1. The second-order valence-corrected chi connectivity index (χ2v) is 10.4. The van der Waals surface area contributed by atoms with Crippen LogP contribution in [0.3, 0.4) is 0 Å². The van der Waals surface area contributed by atoms with Crippen LogP contribution >= 0.6 is 0 Å². The molecule has 1 amide bonds. The third kappa shape index (κ3) is 22.6. The highest BCUT2D eigenvalue weighted by atomic mass is 19.5. The average Bonchev–Trinajstić information content (AvgIpc) is 2.93. The molecular formula is C31H47BF5N3O. The first-order chi connectivity index (χ1) is 19.7. The van der Waals surface area contributed by atoms with E-state index in [0.29, 0.717) is 5.56 Å². The molecule has 2 rings (SSSR count). The maximum absolute atomic E-state index is 12.9. The molecule has 10 heteroatoms. The predicted molar refractivity (Wildman–Crippen MR) is 158 cm³/mol. The fourth-order valence-electron chi connectivity index (χ4n) is 4.38. The summed E-state index contributed by atoms with van der Waals surface area (Å²) in [7, 11) is -6.00. The lowest BCUT2D eigenvalue weighted by atomic mass is 10.0. The number of amides is 1. The van der Waals surface area contributed by atoms with E-state index in [1.165, 1.54) is 115 Å². The lowest BCUT2D eigenvalue weighted by Gasteiger charge is -2.03. The Morgan fingerprint density at radius 2 is 1.15 bits per heavy atom. The van der Waals surface area contributed by atoms with Crippen molar-refractivity contribution in [3.8, 4) is 0 Å². The zero-order chi connectivity index (χ0) is 30.2. The van der Waals surface area contributed by atoms with Gasteiger partial charge in [-0.1, -0.05) is 109 Å². The van der Waals surface area contributed by atoms with Crippen LogP contribution in [0, 0.1) is 5.82 Å². The Labute approximate surface area is 242 Å². The average molecular weight is 584 g/mol. The highest BCUT2D eigenvalue weighted by molar-refractivity contribution is 6.50. The number of hydrogen-bond donors (Lipinski definition) is 1. The van der Waals surface area contributed by atoms with Gasteiger partial charge in [-0.3, -0.25) is 4.79 Å². The van der Waals surface area contributed by atoms with Crippen LogP contribution in [0.25, 0.3) is 0 Å². The molecule has 0 aliphatic carbocycles. The third-order valence-electron chi connectivity index (χ3n) is 6.67. The molecule has 0 spiro atoms. The number of pyridine rings is 1. The van der Waals surface area contributed by atoms with E-state index < -0.39 is 7.25 Å². The van der Waals surface area contributed by atoms with Crippen LogP contribution in [0.15, 0.2) is 53.9 Å². The van der Waals surface area contributed by atoms with Gasteiger partial charge in [-0.05, 0) is 24.1 Å². The van der Waals surface area contributed by atoms with Crippen LogP contribution in [-0.4, -0.2) is 19.4 Å². The van der Waals surface area contributed by atoms with E-state index in [-0.39, 0.29) is 11.7 Å². The molecule has 0 aliphatic heterocycles. The summed E-state index contributed by atoms with van der Waals surface area (Å²) >= 11 is 0. The molecule has 1 aromatic heterocycles. The van der Waals surface area contributed by atoms with E-state index in [1.807, 2.05) is 24.5 Å². The Balaban J connectivity index is 0.00000154. The van der Waals surface area contributed by atoms with Crippen molar-refractivity contribution in [2.75, 3.05) is 0 Å². The number of unbranched alkanes of at least 4 members (excludes halogenated alkanes) is 15. The minimum atomic E-state index is -6.00. The van der Waals surface area contributed by atoms with E-state index >= 15 is 0 Å². The summed E-state index contributed by atoms with van der Waals surface area (Å²) in [4.78, 5) is 12.2. The first-order valence-corrected chi connectivity index (χ1v) is 15.1. The maximum Gasteiger partial charge on any atom is 0.673 e. The number of carbonyl (C=O) groups excluding carboxylic acids is 1. The summed E-state index contributed by atoms with van der Waals surface area (Å²) in [5.41, 5.74) is 3.80. The standard InChI is InChI=1S/C31H46FN3O.BF4/c1-2-3-4-5-6-7-8-9-10-11-12-13-14-15-16-17-24-35-25-22-29(23-26-35)31(36)34-33-27-28-18-20-30(32)21-19-28;2-1(3,4)5/h18-23,25-27H,2-17,24H2,1H3;/q;-1/p+1. The van der Waals surface area contributed by atoms with Crippen LogP contribution in [0.4, 0.5) is 21.7 Å². The molecule has 0 radical (unpaired) electrons. The van der Waals surface area contributed by atoms with E-state index in [2.05, 4.69) is 22.0 Å². The van der Waals surface area contributed by atoms with Crippen molar-refractivity contribution in [3.63, 3.8) is 0 Å². The summed E-state index contributed by atoms with van der Waals surface area (Å²) in [6.07, 6.45) is 27.4. The fraction of sp³-hybridized carbons (Fsp3) is 0.581. The molecular weight excluding hydrogens is 536 g/mol. The topological polar surface area (TPSA) is 45.3 Å². The molecule has 0 atom stereocenters. The van der Waals surface area contributed by atoms with Gasteiger partial charge in [0, 0.05) is 18.6 Å². The molecule has 0 saturated carbocycles. The predicted octanol–water partition coefficient (Wildman–Crippen LogP) is 9.44. The van der Waals surface area contributed by atoms with Gasteiger partial charge >= 0.3 is 7.25 Å². The van der Waals surface area contributed by atoms with Gasteiger partial charge in [0.2, 0.25) is 0 Å². The number of hydrazone groups is 1. The van der Waals surface area contributed by atoms with Gasteiger partial charge in [-0.15, -0.1) is 0 Å². The second-order valence-electron chi connectivity index (χ2n) is 10.4. The van der Waals surface area contributed by atoms with Crippen molar-refractivity contribution in [3.05, 3.63) is 65.7 Å². The smallest absolute Gasteiger partial charge is 0.418 e. The zero-order valence-corrected chi connectivity index (χ0v) is 24.5. The minimum absolute atomic E-state index is 0.261. The monoisotopic (exact) mass is 583 g/mol. The normalized spacial score (nSPS) is 11.4. The molecule has 1 N–H and O–H groups in total. The molecule has 41 heavy (non-hydrogen) atoms. The molecule has 0 bridgehead atoms. The first-order valence-electron chi connectivity index (χ1n) is 15.1. The van der Waals surface area contributed by atoms with Gasteiger partial charge < -0.3 is 17.3 Å². The zero-order valence-electron chi connectivity index (χ0n) is 24.5. The third-order valence-corrected chi connectivity index (χ3v) is 6.67. The number of aromatic nitrogens is 1. The highest BCUT2D eigenvalue weighted by Gasteiger charge is 2.20. The van der Waals surface area contributed by atoms with Crippen molar-refractivity contribution in [2.45, 2.75) is 116 Å². The molecule has 1 heterocycles. The number of carbonyl (C=O) groups is 1. The molecule has 0 aliphatic rings. The molecule has 0 unspecified atom stereocenters. The van der Waals surface area contributed by atoms with Crippen LogP contribution < -0.4 is 9.99 Å². The van der Waals surface area contributed by atoms with Crippen LogP contribution in [0.5, 0.6) is 0 Å². The summed E-state index contributed by atoms with van der Waals surface area (Å²) in [6, 6.07) is 9.56. The van der Waals surface area contributed by atoms with E-state index in [4.69, 9.17) is 0 Å². The Kier molecular flexibility index (Phi) is 20.2. The van der Waals surface area contributed by atoms with Gasteiger partial charge in [-0.2, -0.15) is 5.10 Å². The van der Waals surface area contributed by atoms with E-state index in [0.717, 1.165) is 18.5 Å². The van der Waals surface area contributed by atoms with Crippen LogP contribution in [0.1, 0.15) is 126 Å². The Bertz CT molecular complexity index is 948. The van der Waals surface area contributed by atoms with Gasteiger partial charge in [-0.25, -0.2) is 14.4 Å². The fourth-order valence-corrected chi connectivity index (χ4v) is 4.38. The number of nitrogens with zero attached hydrogens (tertiary/aromatic N) is 2. The summed E-state index contributed by atoms with van der Waals surface area (Å²) in [6.45, 7) is 3.26. The van der Waals surface area contributed by atoms with E-state index in [1.54, 1.807) is 12.1 Å². The van der Waals surface area contributed by atoms with E-state index in [9.17, 15) is 26.4 Å². The van der Waals surface area contributed by atoms with Crippen molar-refractivity contribution >= 4 is 19.4 Å². The summed E-state index contributed by atoms with van der Waals surface area (Å²) < 4.78 is 54.0. The molecule has 230 valence electrons. The minimum Gasteiger partial charge on any atom is -0.418 e. The number of aryl methyl sites for hydroxylation is 1. The number of rotatable bonds is 20. The highest BCUT2D eigenvalue weighted by Crippen LogP contribution is 2.13. The first kappa shape index (κ1) is 36.3.